The number of likely N-dealkylation sites (N-methyl/N-ethyl adjacent to an activating group) is 1. The van der Waals surface area contributed by atoms with Gasteiger partial charge in [0.15, 0.2) is 0 Å². The van der Waals surface area contributed by atoms with E-state index in [9.17, 15) is 8.42 Å². The third-order valence-corrected chi connectivity index (χ3v) is 5.47. The van der Waals surface area contributed by atoms with Gasteiger partial charge in [-0.05, 0) is 24.8 Å². The summed E-state index contributed by atoms with van der Waals surface area (Å²) in [6.45, 7) is 1.42. The lowest BCUT2D eigenvalue weighted by molar-refractivity contribution is 0.117. The Balaban J connectivity index is 1.96. The molecule has 21 heavy (non-hydrogen) atoms. The van der Waals surface area contributed by atoms with Crippen molar-refractivity contribution >= 4 is 27.4 Å². The molecule has 1 fully saturated rings. The van der Waals surface area contributed by atoms with Crippen LogP contribution in [0.15, 0.2) is 17.2 Å². The van der Waals surface area contributed by atoms with E-state index in [1.807, 2.05) is 0 Å². The number of halogens is 1. The number of hydrogen-bond acceptors (Lipinski definition) is 5. The first-order valence-corrected chi connectivity index (χ1v) is 8.64. The Morgan fingerprint density at radius 2 is 2.24 bits per heavy atom. The predicted octanol–water partition coefficient (Wildman–Crippen LogP) is 1.82. The van der Waals surface area contributed by atoms with Gasteiger partial charge in [0.05, 0.1) is 11.6 Å². The van der Waals surface area contributed by atoms with E-state index in [0.29, 0.717) is 24.9 Å². The van der Waals surface area contributed by atoms with E-state index in [2.05, 4.69) is 10.3 Å². The van der Waals surface area contributed by atoms with Crippen LogP contribution >= 0.6 is 11.6 Å². The normalized spacial score (nSPS) is 15.4. The first-order valence-electron chi connectivity index (χ1n) is 6.82. The first kappa shape index (κ1) is 16.5. The lowest BCUT2D eigenvalue weighted by Crippen LogP contribution is -2.30. The van der Waals surface area contributed by atoms with Crippen molar-refractivity contribution in [3.05, 3.63) is 17.3 Å². The van der Waals surface area contributed by atoms with Crippen LogP contribution in [0.5, 0.6) is 0 Å². The van der Waals surface area contributed by atoms with Crippen molar-refractivity contribution in [3.8, 4) is 0 Å². The molecule has 0 amide bonds. The standard InChI is InChI=1S/C13H20ClN3O3S/c1-15-13-12(14)7-11(8-16-13)21(18,19)17(2)5-6-20-9-10-3-4-10/h7-8,10H,3-6,9H2,1-2H3,(H,15,16). The summed E-state index contributed by atoms with van der Waals surface area (Å²) in [6.07, 6.45) is 3.74. The van der Waals surface area contributed by atoms with Crippen molar-refractivity contribution in [1.29, 1.82) is 0 Å². The Kier molecular flexibility index (Phi) is 5.43. The zero-order chi connectivity index (χ0) is 15.5. The molecule has 118 valence electrons. The molecule has 6 nitrogen and oxygen atoms in total. The fourth-order valence-electron chi connectivity index (χ4n) is 1.77. The van der Waals surface area contributed by atoms with Gasteiger partial charge < -0.3 is 10.1 Å². The minimum absolute atomic E-state index is 0.0798. The van der Waals surface area contributed by atoms with Crippen LogP contribution in [0, 0.1) is 5.92 Å². The van der Waals surface area contributed by atoms with Crippen molar-refractivity contribution in [3.63, 3.8) is 0 Å². The van der Waals surface area contributed by atoms with Gasteiger partial charge >= 0.3 is 0 Å². The van der Waals surface area contributed by atoms with Gasteiger partial charge in [-0.1, -0.05) is 11.6 Å². The third kappa shape index (κ3) is 4.29. The minimum atomic E-state index is -3.59. The van der Waals surface area contributed by atoms with Crippen molar-refractivity contribution < 1.29 is 13.2 Å². The molecular weight excluding hydrogens is 314 g/mol. The number of hydrogen-bond donors (Lipinski definition) is 1. The number of rotatable bonds is 8. The van der Waals surface area contributed by atoms with Crippen LogP contribution in [-0.2, 0) is 14.8 Å². The molecule has 0 spiro atoms. The van der Waals surface area contributed by atoms with Gasteiger partial charge in [0, 0.05) is 33.4 Å². The van der Waals surface area contributed by atoms with Crippen molar-refractivity contribution in [2.45, 2.75) is 17.7 Å². The van der Waals surface area contributed by atoms with Gasteiger partial charge in [-0.3, -0.25) is 0 Å². The number of ether oxygens (including phenoxy) is 1. The first-order chi connectivity index (χ1) is 9.95. The van der Waals surface area contributed by atoms with Crippen LogP contribution in [0.25, 0.3) is 0 Å². The van der Waals surface area contributed by atoms with E-state index in [0.717, 1.165) is 6.61 Å². The summed E-state index contributed by atoms with van der Waals surface area (Å²) >= 11 is 5.98. The molecule has 0 aliphatic heterocycles. The lowest BCUT2D eigenvalue weighted by atomic mass is 10.4. The second-order valence-electron chi connectivity index (χ2n) is 5.10. The van der Waals surface area contributed by atoms with Crippen molar-refractivity contribution in [1.82, 2.24) is 9.29 Å². The van der Waals surface area contributed by atoms with Gasteiger partial charge in [0.25, 0.3) is 0 Å². The number of nitrogens with one attached hydrogen (secondary N) is 1. The molecule has 1 aliphatic carbocycles. The highest BCUT2D eigenvalue weighted by atomic mass is 35.5. The van der Waals surface area contributed by atoms with Crippen LogP contribution in [0.1, 0.15) is 12.8 Å². The highest BCUT2D eigenvalue weighted by molar-refractivity contribution is 7.89. The minimum Gasteiger partial charge on any atom is -0.380 e. The van der Waals surface area contributed by atoms with E-state index >= 15 is 0 Å². The van der Waals surface area contributed by atoms with E-state index in [1.54, 1.807) is 7.05 Å². The topological polar surface area (TPSA) is 71.5 Å². The molecule has 1 aromatic heterocycles. The molecule has 1 aromatic rings. The summed E-state index contributed by atoms with van der Waals surface area (Å²) in [5.74, 6) is 1.12. The van der Waals surface area contributed by atoms with Crippen LogP contribution < -0.4 is 5.32 Å². The Bertz CT molecular complexity index is 590. The summed E-state index contributed by atoms with van der Waals surface area (Å²) in [6, 6.07) is 1.40. The lowest BCUT2D eigenvalue weighted by Gasteiger charge is -2.17. The van der Waals surface area contributed by atoms with Gasteiger partial charge in [0.1, 0.15) is 10.7 Å². The quantitative estimate of drug-likeness (QED) is 0.735. The summed E-state index contributed by atoms with van der Waals surface area (Å²) in [4.78, 5) is 4.07. The van der Waals surface area contributed by atoms with Crippen LogP contribution in [0.3, 0.4) is 0 Å². The highest BCUT2D eigenvalue weighted by Gasteiger charge is 2.23. The summed E-state index contributed by atoms with van der Waals surface area (Å²) in [5.41, 5.74) is 0. The predicted molar refractivity (Wildman–Crippen MR) is 82.2 cm³/mol. The molecule has 2 rings (SSSR count). The van der Waals surface area contributed by atoms with Crippen LogP contribution in [-0.4, -0.2) is 51.6 Å². The van der Waals surface area contributed by atoms with Crippen molar-refractivity contribution in [2.75, 3.05) is 39.2 Å². The van der Waals surface area contributed by atoms with E-state index in [4.69, 9.17) is 16.3 Å². The average Bonchev–Trinajstić information content (AvgIpc) is 3.27. The molecule has 0 aromatic carbocycles. The number of pyridine rings is 1. The van der Waals surface area contributed by atoms with Crippen molar-refractivity contribution in [2.24, 2.45) is 5.92 Å². The van der Waals surface area contributed by atoms with Gasteiger partial charge in [-0.25, -0.2) is 13.4 Å². The molecule has 1 aliphatic rings. The second kappa shape index (κ2) is 6.91. The van der Waals surface area contributed by atoms with Gasteiger partial charge in [-0.15, -0.1) is 0 Å². The molecule has 0 radical (unpaired) electrons. The molecule has 0 unspecified atom stereocenters. The monoisotopic (exact) mass is 333 g/mol. The molecular formula is C13H20ClN3O3S. The average molecular weight is 334 g/mol. The second-order valence-corrected chi connectivity index (χ2v) is 7.55. The Labute approximate surface area is 130 Å². The van der Waals surface area contributed by atoms with E-state index in [1.165, 1.54) is 36.5 Å². The number of aromatic nitrogens is 1. The zero-order valence-corrected chi connectivity index (χ0v) is 13.7. The fraction of sp³-hybridized carbons (Fsp3) is 0.615. The highest BCUT2D eigenvalue weighted by Crippen LogP contribution is 2.28. The molecule has 0 atom stereocenters. The van der Waals surface area contributed by atoms with E-state index in [-0.39, 0.29) is 9.92 Å². The number of sulfonamides is 1. The van der Waals surface area contributed by atoms with Crippen LogP contribution in [0.4, 0.5) is 5.82 Å². The van der Waals surface area contributed by atoms with Crippen LogP contribution in [0.2, 0.25) is 5.02 Å². The maximum Gasteiger partial charge on any atom is 0.244 e. The number of anilines is 1. The summed E-state index contributed by atoms with van der Waals surface area (Å²) < 4.78 is 31.5. The zero-order valence-electron chi connectivity index (χ0n) is 12.2. The molecule has 0 saturated heterocycles. The Morgan fingerprint density at radius 3 is 2.81 bits per heavy atom. The van der Waals surface area contributed by atoms with Gasteiger partial charge in [-0.2, -0.15) is 4.31 Å². The SMILES string of the molecule is CNc1ncc(S(=O)(=O)N(C)CCOCC2CC2)cc1Cl. The Morgan fingerprint density at radius 1 is 1.52 bits per heavy atom. The van der Waals surface area contributed by atoms with Gasteiger partial charge in [0.2, 0.25) is 10.0 Å². The molecule has 1 saturated carbocycles. The molecule has 1 N–H and O–H groups in total. The third-order valence-electron chi connectivity index (χ3n) is 3.36. The number of nitrogens with zero attached hydrogens (tertiary/aromatic N) is 2. The molecule has 1 heterocycles. The maximum atomic E-state index is 12.4. The van der Waals surface area contributed by atoms with E-state index < -0.39 is 10.0 Å². The molecule has 0 bridgehead atoms. The fourth-order valence-corrected chi connectivity index (χ4v) is 3.23. The molecule has 8 heteroatoms. The maximum absolute atomic E-state index is 12.4. The largest absolute Gasteiger partial charge is 0.380 e. The smallest absolute Gasteiger partial charge is 0.244 e. The Hall–Kier alpha value is -0.890. The summed E-state index contributed by atoms with van der Waals surface area (Å²) in [7, 11) is -0.397. The summed E-state index contributed by atoms with van der Waals surface area (Å²) in [5, 5.41) is 3.06.